The Bertz CT molecular complexity index is 2470. The Balaban J connectivity index is 0.940. The van der Waals surface area contributed by atoms with Crippen LogP contribution in [0.3, 0.4) is 0 Å². The Morgan fingerprint density at radius 2 is 1.64 bits per heavy atom. The van der Waals surface area contributed by atoms with Gasteiger partial charge in [0.15, 0.2) is 0 Å². The Labute approximate surface area is 315 Å². The first-order chi connectivity index (χ1) is 26.8. The van der Waals surface area contributed by atoms with Crippen LogP contribution in [0.2, 0.25) is 0 Å². The lowest BCUT2D eigenvalue weighted by molar-refractivity contribution is -0.138. The van der Waals surface area contributed by atoms with Gasteiger partial charge in [0.2, 0.25) is 0 Å². The predicted octanol–water partition coefficient (Wildman–Crippen LogP) is 8.31. The number of alkyl halides is 2. The van der Waals surface area contributed by atoms with Gasteiger partial charge in [0.25, 0.3) is 11.8 Å². The van der Waals surface area contributed by atoms with Crippen LogP contribution in [0.1, 0.15) is 78.6 Å². The van der Waals surface area contributed by atoms with Gasteiger partial charge < -0.3 is 30.2 Å². The molecular weight excluding hydrogens is 701 g/mol. The minimum Gasteiger partial charge on any atom is -0.453 e. The molecule has 4 aliphatic rings. The molecule has 5 atom stereocenters. The highest BCUT2D eigenvalue weighted by Gasteiger charge is 2.51. The second-order valence-electron chi connectivity index (χ2n) is 15.2. The molecular formula is C43H39F2N7O3. The molecule has 2 aliphatic heterocycles. The second-order valence-corrected chi connectivity index (χ2v) is 15.2. The number of nitrogens with one attached hydrogen (secondary N) is 4. The number of likely N-dealkylation sites (tertiary alicyclic amines) is 1. The van der Waals surface area contributed by atoms with E-state index in [0.717, 1.165) is 66.8 Å². The van der Waals surface area contributed by atoms with Crippen molar-refractivity contribution in [3.63, 3.8) is 0 Å². The van der Waals surface area contributed by atoms with E-state index in [1.165, 1.54) is 7.11 Å². The first kappa shape index (κ1) is 33.7. The molecule has 2 aromatic heterocycles. The maximum absolute atomic E-state index is 16.3. The van der Waals surface area contributed by atoms with Crippen LogP contribution in [0.5, 0.6) is 0 Å². The number of aromatic amines is 2. The summed E-state index contributed by atoms with van der Waals surface area (Å²) in [6.07, 6.45) is 5.83. The van der Waals surface area contributed by atoms with Crippen LogP contribution in [0, 0.1) is 5.92 Å². The highest BCUT2D eigenvalue weighted by Crippen LogP contribution is 2.53. The van der Waals surface area contributed by atoms with Crippen molar-refractivity contribution in [2.75, 3.05) is 13.7 Å². The molecule has 0 radical (unpaired) electrons. The Morgan fingerprint density at radius 3 is 2.40 bits per heavy atom. The molecule has 1 unspecified atom stereocenters. The number of benzene rings is 4. The van der Waals surface area contributed by atoms with Crippen LogP contribution in [0.25, 0.3) is 44.5 Å². The van der Waals surface area contributed by atoms with Crippen LogP contribution in [0.15, 0.2) is 91.1 Å². The van der Waals surface area contributed by atoms with Crippen molar-refractivity contribution in [1.29, 1.82) is 0 Å². The van der Waals surface area contributed by atoms with Gasteiger partial charge in [-0.15, -0.1) is 0 Å². The standard InChI is InChI=1S/C43H39F2N7O3/c1-55-42(54)51-37(23-6-3-2-4-7-23)41(53)52-28-13-9-27(18-28)38(52)40-48-33-16-12-25(21-35(33)49-40)24-10-14-29-30-15-11-26(20-32(30)43(44,45)31(29)19-24)36-22-47-39(50-36)34-8-5-17-46-34/h2-4,6-7,10-12,14-16,19-22,27-28,34,37-38,46H,5,8-9,13,17-18H2,1H3,(H,47,50)(H,48,49)(H,51,54)/t27-,28+,34?,37+,38-/m0/s1. The zero-order chi connectivity index (χ0) is 37.4. The number of alkyl carbamates (subject to hydrolysis) is 1. The summed E-state index contributed by atoms with van der Waals surface area (Å²) in [5, 5.41) is 6.18. The van der Waals surface area contributed by atoms with Crippen molar-refractivity contribution in [2.45, 2.75) is 62.2 Å². The predicted molar refractivity (Wildman–Crippen MR) is 203 cm³/mol. The molecule has 2 amide bonds. The monoisotopic (exact) mass is 739 g/mol. The van der Waals surface area contributed by atoms with Gasteiger partial charge in [-0.25, -0.2) is 14.8 Å². The first-order valence-electron chi connectivity index (χ1n) is 18.9. The molecule has 4 heterocycles. The molecule has 2 bridgehead atoms. The molecule has 2 aliphatic carbocycles. The fourth-order valence-corrected chi connectivity index (χ4v) is 9.41. The van der Waals surface area contributed by atoms with Crippen molar-refractivity contribution < 1.29 is 23.1 Å². The zero-order valence-electron chi connectivity index (χ0n) is 30.1. The first-order valence-corrected chi connectivity index (χ1v) is 18.9. The minimum absolute atomic E-state index is 0.0118. The zero-order valence-corrected chi connectivity index (χ0v) is 30.1. The van der Waals surface area contributed by atoms with Gasteiger partial charge in [-0.2, -0.15) is 8.78 Å². The molecule has 12 heteroatoms. The number of imidazole rings is 2. The average Bonchev–Trinajstić information content (AvgIpc) is 4.08. The number of piperidine rings is 1. The van der Waals surface area contributed by atoms with Gasteiger partial charge in [-0.1, -0.05) is 60.7 Å². The number of hydrogen-bond acceptors (Lipinski definition) is 6. The lowest BCUT2D eigenvalue weighted by Crippen LogP contribution is -2.47. The number of rotatable bonds is 7. The maximum Gasteiger partial charge on any atom is 0.407 e. The number of nitrogens with zero attached hydrogens (tertiary/aromatic N) is 3. The summed E-state index contributed by atoms with van der Waals surface area (Å²) < 4.78 is 37.5. The molecule has 0 spiro atoms. The summed E-state index contributed by atoms with van der Waals surface area (Å²) in [4.78, 5) is 45.0. The van der Waals surface area contributed by atoms with E-state index in [1.807, 2.05) is 65.6 Å². The number of methoxy groups -OCH3 is 1. The summed E-state index contributed by atoms with van der Waals surface area (Å²) >= 11 is 0. The second kappa shape index (κ2) is 12.9. The number of amides is 2. The van der Waals surface area contributed by atoms with Crippen molar-refractivity contribution in [3.05, 3.63) is 119 Å². The van der Waals surface area contributed by atoms with E-state index in [4.69, 9.17) is 9.72 Å². The lowest BCUT2D eigenvalue weighted by atomic mass is 9.96. The highest BCUT2D eigenvalue weighted by molar-refractivity contribution is 5.89. The quantitative estimate of drug-likeness (QED) is 0.130. The van der Waals surface area contributed by atoms with E-state index in [0.29, 0.717) is 33.6 Å². The fourth-order valence-electron chi connectivity index (χ4n) is 9.41. The topological polar surface area (TPSA) is 128 Å². The van der Waals surface area contributed by atoms with Gasteiger partial charge in [0.05, 0.1) is 42.1 Å². The van der Waals surface area contributed by atoms with Crippen LogP contribution < -0.4 is 10.6 Å². The average molecular weight is 740 g/mol. The van der Waals surface area contributed by atoms with E-state index in [1.54, 1.807) is 30.5 Å². The molecule has 3 fully saturated rings. The van der Waals surface area contributed by atoms with Gasteiger partial charge in [-0.3, -0.25) is 4.79 Å². The van der Waals surface area contributed by atoms with E-state index < -0.39 is 18.1 Å². The molecule has 55 heavy (non-hydrogen) atoms. The number of hydrogen-bond donors (Lipinski definition) is 4. The molecule has 1 saturated carbocycles. The summed E-state index contributed by atoms with van der Waals surface area (Å²) in [6, 6.07) is 24.4. The van der Waals surface area contributed by atoms with Crippen molar-refractivity contribution >= 4 is 23.0 Å². The van der Waals surface area contributed by atoms with E-state index in [-0.39, 0.29) is 41.1 Å². The number of carbonyl (C=O) groups excluding carboxylic acids is 2. The Morgan fingerprint density at radius 1 is 0.891 bits per heavy atom. The van der Waals surface area contributed by atoms with Gasteiger partial charge in [0, 0.05) is 22.7 Å². The Kier molecular flexibility index (Phi) is 7.88. The van der Waals surface area contributed by atoms with Crippen molar-refractivity contribution in [3.8, 4) is 33.5 Å². The molecule has 6 aromatic rings. The third kappa shape index (κ3) is 5.52. The van der Waals surface area contributed by atoms with E-state index in [9.17, 15) is 9.59 Å². The molecule has 2 saturated heterocycles. The van der Waals surface area contributed by atoms with Gasteiger partial charge >= 0.3 is 6.09 Å². The smallest absolute Gasteiger partial charge is 0.407 e. The van der Waals surface area contributed by atoms with E-state index >= 15 is 8.78 Å². The van der Waals surface area contributed by atoms with Crippen LogP contribution >= 0.6 is 0 Å². The molecule has 10 rings (SSSR count). The summed E-state index contributed by atoms with van der Waals surface area (Å²) in [5.74, 6) is -1.68. The largest absolute Gasteiger partial charge is 0.453 e. The fraction of sp³-hybridized carbons (Fsp3) is 0.302. The number of fused-ring (bicyclic) bond motifs is 6. The SMILES string of the molecule is COC(=O)N[C@@H](C(=O)N1[C@@H]2CC[C@@H](C2)[C@H]1c1nc2ccc(-c3ccc4c(c3)C(F)(F)c3cc(-c5cnc(C6CCCN6)[nH]5)ccc3-4)cc2[nH]1)c1ccccc1. The highest BCUT2D eigenvalue weighted by atomic mass is 19.3. The third-order valence-corrected chi connectivity index (χ3v) is 12.1. The summed E-state index contributed by atoms with van der Waals surface area (Å²) in [7, 11) is 1.28. The maximum atomic E-state index is 16.3. The lowest BCUT2D eigenvalue weighted by Gasteiger charge is -2.36. The normalized spacial score (nSPS) is 22.5. The molecule has 10 nitrogen and oxygen atoms in total. The Hall–Kier alpha value is -5.88. The van der Waals surface area contributed by atoms with Gasteiger partial charge in [0.1, 0.15) is 17.7 Å². The van der Waals surface area contributed by atoms with Crippen molar-refractivity contribution in [2.24, 2.45) is 5.92 Å². The number of carbonyl (C=O) groups is 2. The molecule has 278 valence electrons. The number of aromatic nitrogens is 4. The summed E-state index contributed by atoms with van der Waals surface area (Å²) in [5.41, 5.74) is 6.00. The summed E-state index contributed by atoms with van der Waals surface area (Å²) in [6.45, 7) is 0.944. The third-order valence-electron chi connectivity index (χ3n) is 12.1. The minimum atomic E-state index is -3.18. The molecule has 4 aromatic carbocycles. The van der Waals surface area contributed by atoms with E-state index in [2.05, 4.69) is 25.6 Å². The van der Waals surface area contributed by atoms with Gasteiger partial charge in [-0.05, 0) is 96.6 Å². The van der Waals surface area contributed by atoms with Crippen LogP contribution in [-0.4, -0.2) is 56.5 Å². The van der Waals surface area contributed by atoms with Crippen LogP contribution in [-0.2, 0) is 15.5 Å². The van der Waals surface area contributed by atoms with Crippen LogP contribution in [0.4, 0.5) is 13.6 Å². The number of halogens is 2. The number of H-pyrrole nitrogens is 2. The number of ether oxygens (including phenoxy) is 1. The van der Waals surface area contributed by atoms with Crippen molar-refractivity contribution in [1.82, 2.24) is 35.5 Å². The molecule has 4 N–H and O–H groups in total.